The van der Waals surface area contributed by atoms with Crippen molar-refractivity contribution < 1.29 is 26.7 Å². The molecule has 3 heterocycles. The predicted molar refractivity (Wildman–Crippen MR) is 107 cm³/mol. The first kappa shape index (κ1) is 20.4. The normalized spacial score (nSPS) is 11.5. The molecule has 0 aliphatic heterocycles. The van der Waals surface area contributed by atoms with Crippen LogP contribution in [0.5, 0.6) is 5.75 Å². The van der Waals surface area contributed by atoms with E-state index in [1.54, 1.807) is 0 Å². The zero-order valence-corrected chi connectivity index (χ0v) is 16.7. The number of H-pyrrole nitrogens is 1. The molecule has 0 bridgehead atoms. The number of carbonyl (C=O) groups is 1. The van der Waals surface area contributed by atoms with E-state index in [2.05, 4.69) is 15.0 Å². The number of rotatable bonds is 6. The molecule has 0 amide bonds. The van der Waals surface area contributed by atoms with Crippen LogP contribution in [0.25, 0.3) is 11.0 Å². The molecule has 4 rings (SSSR count). The van der Waals surface area contributed by atoms with Gasteiger partial charge in [0.05, 0.1) is 29.3 Å². The fourth-order valence-electron chi connectivity index (χ4n) is 3.05. The van der Waals surface area contributed by atoms with Gasteiger partial charge in [-0.05, 0) is 30.3 Å². The summed E-state index contributed by atoms with van der Waals surface area (Å²) in [7, 11) is -2.88. The van der Waals surface area contributed by atoms with Crippen molar-refractivity contribution in [3.63, 3.8) is 0 Å². The fourth-order valence-corrected chi connectivity index (χ4v) is 4.06. The first-order valence-corrected chi connectivity index (χ1v) is 10.3. The van der Waals surface area contributed by atoms with Gasteiger partial charge in [0.1, 0.15) is 17.2 Å². The van der Waals surface area contributed by atoms with Gasteiger partial charge >= 0.3 is 0 Å². The van der Waals surface area contributed by atoms with E-state index >= 15 is 4.39 Å². The molecule has 158 valence electrons. The summed E-state index contributed by atoms with van der Waals surface area (Å²) in [5.74, 6) is -3.24. The highest BCUT2D eigenvalue weighted by atomic mass is 32.2. The Bertz CT molecular complexity index is 1410. The molecule has 11 heteroatoms. The maximum atomic E-state index is 15.1. The van der Waals surface area contributed by atoms with E-state index in [0.717, 1.165) is 12.1 Å². The van der Waals surface area contributed by atoms with E-state index < -0.39 is 38.7 Å². The number of hydrogen-bond acceptors (Lipinski definition) is 6. The monoisotopic (exact) mass is 444 g/mol. The quantitative estimate of drug-likeness (QED) is 0.441. The molecular formula is C20H14F2N4O4S. The van der Waals surface area contributed by atoms with Crippen molar-refractivity contribution in [1.29, 1.82) is 0 Å². The molecule has 1 aromatic carbocycles. The van der Waals surface area contributed by atoms with E-state index in [-0.39, 0.29) is 27.4 Å². The van der Waals surface area contributed by atoms with Crippen molar-refractivity contribution in [2.24, 2.45) is 0 Å². The number of benzene rings is 1. The number of ketones is 1. The predicted octanol–water partition coefficient (Wildman–Crippen LogP) is 3.28. The Labute approximate surface area is 175 Å². The Morgan fingerprint density at radius 3 is 2.61 bits per heavy atom. The third-order valence-electron chi connectivity index (χ3n) is 4.48. The number of anilines is 1. The number of carbonyl (C=O) groups excluding carboxylic acids is 1. The first-order valence-electron chi connectivity index (χ1n) is 8.80. The Balaban J connectivity index is 1.80. The topological polar surface area (TPSA) is 114 Å². The highest BCUT2D eigenvalue weighted by Crippen LogP contribution is 2.31. The summed E-state index contributed by atoms with van der Waals surface area (Å²) in [5.41, 5.74) is -1.31. The molecule has 3 aromatic heterocycles. The highest BCUT2D eigenvalue weighted by molar-refractivity contribution is 7.92. The van der Waals surface area contributed by atoms with Crippen LogP contribution in [0.3, 0.4) is 0 Å². The second-order valence-electron chi connectivity index (χ2n) is 6.33. The lowest BCUT2D eigenvalue weighted by molar-refractivity contribution is 0.103. The van der Waals surface area contributed by atoms with Crippen LogP contribution < -0.4 is 9.46 Å². The Hall–Kier alpha value is -3.86. The summed E-state index contributed by atoms with van der Waals surface area (Å²) in [4.78, 5) is 23.6. The molecule has 0 radical (unpaired) electrons. The lowest BCUT2D eigenvalue weighted by Gasteiger charge is -2.11. The van der Waals surface area contributed by atoms with Gasteiger partial charge in [-0.15, -0.1) is 0 Å². The van der Waals surface area contributed by atoms with E-state index in [1.807, 2.05) is 4.72 Å². The molecule has 8 nitrogen and oxygen atoms in total. The van der Waals surface area contributed by atoms with Crippen LogP contribution in [0.2, 0.25) is 0 Å². The van der Waals surface area contributed by atoms with Crippen LogP contribution >= 0.6 is 0 Å². The van der Waals surface area contributed by atoms with E-state index in [4.69, 9.17) is 4.74 Å². The first-order chi connectivity index (χ1) is 14.8. The van der Waals surface area contributed by atoms with Gasteiger partial charge in [0.2, 0.25) is 5.78 Å². The zero-order valence-electron chi connectivity index (χ0n) is 15.9. The van der Waals surface area contributed by atoms with Crippen molar-refractivity contribution in [3.8, 4) is 5.75 Å². The van der Waals surface area contributed by atoms with Gasteiger partial charge < -0.3 is 9.72 Å². The number of aromatic amines is 1. The molecular weight excluding hydrogens is 430 g/mol. The summed E-state index contributed by atoms with van der Waals surface area (Å²) in [5, 5.41) is -0.118. The number of sulfonamides is 1. The Morgan fingerprint density at radius 1 is 1.10 bits per heavy atom. The average Bonchev–Trinajstić information content (AvgIpc) is 3.21. The second kappa shape index (κ2) is 7.76. The third kappa shape index (κ3) is 3.59. The van der Waals surface area contributed by atoms with Gasteiger partial charge in [0.15, 0.2) is 10.8 Å². The fraction of sp³-hybridized carbons (Fsp3) is 0.0500. The maximum absolute atomic E-state index is 15.1. The van der Waals surface area contributed by atoms with Gasteiger partial charge in [-0.2, -0.15) is 8.42 Å². The maximum Gasteiger partial charge on any atom is 0.279 e. The van der Waals surface area contributed by atoms with Gasteiger partial charge in [-0.3, -0.25) is 9.52 Å². The molecule has 0 saturated heterocycles. The summed E-state index contributed by atoms with van der Waals surface area (Å²) in [6.45, 7) is 0. The highest BCUT2D eigenvalue weighted by Gasteiger charge is 2.27. The molecule has 0 unspecified atom stereocenters. The minimum atomic E-state index is -4.26. The molecule has 31 heavy (non-hydrogen) atoms. The number of nitrogens with zero attached hydrogens (tertiary/aromatic N) is 2. The van der Waals surface area contributed by atoms with Crippen LogP contribution in [0.4, 0.5) is 14.5 Å². The lowest BCUT2D eigenvalue weighted by Crippen LogP contribution is -2.17. The average molecular weight is 444 g/mol. The molecule has 2 N–H and O–H groups in total. The standard InChI is InChI=1S/C20H14F2N4O4S/c1-30-14-7-9-24-20-16(14)11(10-25-20)19(27)17-12(21)5-6-13(18(17)22)26-31(28,29)15-4-2-3-8-23-15/h2-10,26H,1H3,(H,24,25). The third-order valence-corrected chi connectivity index (χ3v) is 5.76. The van der Waals surface area contributed by atoms with Crippen LogP contribution in [0.1, 0.15) is 15.9 Å². The largest absolute Gasteiger partial charge is 0.496 e. The summed E-state index contributed by atoms with van der Waals surface area (Å²) in [6.07, 6.45) is 3.95. The van der Waals surface area contributed by atoms with Crippen LogP contribution in [-0.2, 0) is 10.0 Å². The number of pyridine rings is 2. The number of fused-ring (bicyclic) bond motifs is 1. The van der Waals surface area contributed by atoms with Gasteiger partial charge in [0.25, 0.3) is 10.0 Å². The number of halogens is 2. The summed E-state index contributed by atoms with van der Waals surface area (Å²) >= 11 is 0. The van der Waals surface area contributed by atoms with Crippen molar-refractivity contribution in [1.82, 2.24) is 15.0 Å². The van der Waals surface area contributed by atoms with Crippen molar-refractivity contribution >= 4 is 32.5 Å². The van der Waals surface area contributed by atoms with Crippen molar-refractivity contribution in [2.75, 3.05) is 11.8 Å². The zero-order chi connectivity index (χ0) is 22.2. The molecule has 0 atom stereocenters. The Kier molecular flexibility index (Phi) is 5.11. The number of nitrogens with one attached hydrogen (secondary N) is 2. The van der Waals surface area contributed by atoms with Crippen LogP contribution in [-0.4, -0.2) is 36.3 Å². The number of aromatic nitrogens is 3. The van der Waals surface area contributed by atoms with Gasteiger partial charge in [0, 0.05) is 18.6 Å². The molecule has 0 aliphatic rings. The molecule has 0 aliphatic carbocycles. The van der Waals surface area contributed by atoms with Crippen molar-refractivity contribution in [3.05, 3.63) is 77.8 Å². The summed E-state index contributed by atoms with van der Waals surface area (Å²) < 4.78 is 61.8. The minimum absolute atomic E-state index is 0.0810. The van der Waals surface area contributed by atoms with Gasteiger partial charge in [-0.25, -0.2) is 18.7 Å². The van der Waals surface area contributed by atoms with Crippen molar-refractivity contribution in [2.45, 2.75) is 5.03 Å². The van der Waals surface area contributed by atoms with E-state index in [0.29, 0.717) is 0 Å². The molecule has 4 aromatic rings. The SMILES string of the molecule is COc1ccnc2[nH]cc(C(=O)c3c(F)ccc(NS(=O)(=O)c4ccccn4)c3F)c12. The number of ether oxygens (including phenoxy) is 1. The minimum Gasteiger partial charge on any atom is -0.496 e. The van der Waals surface area contributed by atoms with Crippen LogP contribution in [0.15, 0.2) is 60.0 Å². The number of hydrogen-bond donors (Lipinski definition) is 2. The smallest absolute Gasteiger partial charge is 0.279 e. The van der Waals surface area contributed by atoms with Gasteiger partial charge in [-0.1, -0.05) is 6.07 Å². The molecule has 0 spiro atoms. The molecule has 0 saturated carbocycles. The second-order valence-corrected chi connectivity index (χ2v) is 7.95. The molecule has 0 fully saturated rings. The van der Waals surface area contributed by atoms with E-state index in [1.165, 1.54) is 50.0 Å². The summed E-state index contributed by atoms with van der Waals surface area (Å²) in [6, 6.07) is 7.35. The number of methoxy groups -OCH3 is 1. The lowest BCUT2D eigenvalue weighted by atomic mass is 10.0. The van der Waals surface area contributed by atoms with E-state index in [9.17, 15) is 17.6 Å². The van der Waals surface area contributed by atoms with Crippen LogP contribution in [0, 0.1) is 11.6 Å². The Morgan fingerprint density at radius 2 is 1.90 bits per heavy atom.